The molecule has 5 heteroatoms. The van der Waals surface area contributed by atoms with Gasteiger partial charge >= 0.3 is 0 Å². The first-order chi connectivity index (χ1) is 35.5. The van der Waals surface area contributed by atoms with Crippen molar-refractivity contribution in [3.05, 3.63) is 222 Å². The van der Waals surface area contributed by atoms with E-state index in [0.717, 1.165) is 129 Å². The van der Waals surface area contributed by atoms with Crippen LogP contribution in [0, 0.1) is 5.92 Å². The van der Waals surface area contributed by atoms with E-state index in [1.165, 1.54) is 38.1 Å². The van der Waals surface area contributed by atoms with Gasteiger partial charge in [-0.05, 0) is 114 Å². The molecule has 0 amide bonds. The van der Waals surface area contributed by atoms with Crippen molar-refractivity contribution in [2.75, 3.05) is 0 Å². The second kappa shape index (κ2) is 15.8. The summed E-state index contributed by atoms with van der Waals surface area (Å²) in [4.78, 5) is 5.92. The SMILES string of the molecule is CCC1/C=C(c2cccc3c2oc2ccccc23)\N=C(\c2cc(-n3c4ccccc4c4cc5ccccc5cc43)c3c(c2)oc2cc4ccccc4cc23)CC/C(C)=C/1c1cccc2c1oc1ccccc12. The second-order valence-corrected chi connectivity index (χ2v) is 19.6. The van der Waals surface area contributed by atoms with E-state index in [9.17, 15) is 0 Å². The van der Waals surface area contributed by atoms with Crippen LogP contribution < -0.4 is 0 Å². The molecule has 5 nitrogen and oxygen atoms in total. The van der Waals surface area contributed by atoms with Crippen molar-refractivity contribution >= 4 is 126 Å². The molecular weight excluding hydrogens is 881 g/mol. The van der Waals surface area contributed by atoms with E-state index >= 15 is 0 Å². The smallest absolute Gasteiger partial charge is 0.144 e. The van der Waals surface area contributed by atoms with Gasteiger partial charge in [0.25, 0.3) is 0 Å². The van der Waals surface area contributed by atoms with Crippen LogP contribution in [0.1, 0.15) is 49.8 Å². The molecule has 14 aromatic rings. The molecule has 4 aromatic heterocycles. The third-order valence-electron chi connectivity index (χ3n) is 15.5. The molecule has 0 spiro atoms. The van der Waals surface area contributed by atoms with Crippen LogP contribution in [0.15, 0.2) is 224 Å². The van der Waals surface area contributed by atoms with Crippen LogP contribution in [0.4, 0.5) is 0 Å². The maximum atomic E-state index is 7.09. The molecule has 0 bridgehead atoms. The lowest BCUT2D eigenvalue weighted by Crippen LogP contribution is -2.05. The number of aromatic nitrogens is 1. The van der Waals surface area contributed by atoms with Crippen LogP contribution in [0.2, 0.25) is 0 Å². The number of furan rings is 3. The van der Waals surface area contributed by atoms with Crippen molar-refractivity contribution < 1.29 is 13.3 Å². The Morgan fingerprint density at radius 3 is 1.76 bits per heavy atom. The molecule has 0 saturated carbocycles. The monoisotopic (exact) mass is 926 g/mol. The highest BCUT2D eigenvalue weighted by Gasteiger charge is 2.27. The third kappa shape index (κ3) is 6.16. The highest BCUT2D eigenvalue weighted by atomic mass is 16.3. The largest absolute Gasteiger partial charge is 0.456 e. The lowest BCUT2D eigenvalue weighted by atomic mass is 9.84. The van der Waals surface area contributed by atoms with Gasteiger partial charge in [0.05, 0.1) is 27.8 Å². The normalized spacial score (nSPS) is 17.4. The van der Waals surface area contributed by atoms with E-state index in [1.54, 1.807) is 0 Å². The van der Waals surface area contributed by atoms with Crippen molar-refractivity contribution in [1.82, 2.24) is 4.57 Å². The summed E-state index contributed by atoms with van der Waals surface area (Å²) >= 11 is 0. The van der Waals surface area contributed by atoms with Gasteiger partial charge in [-0.1, -0.05) is 152 Å². The minimum Gasteiger partial charge on any atom is -0.456 e. The summed E-state index contributed by atoms with van der Waals surface area (Å²) in [5.74, 6) is 0.0107. The van der Waals surface area contributed by atoms with Crippen molar-refractivity contribution in [3.63, 3.8) is 0 Å². The summed E-state index contributed by atoms with van der Waals surface area (Å²) in [5.41, 5.74) is 16.1. The lowest BCUT2D eigenvalue weighted by Gasteiger charge is -2.20. The van der Waals surface area contributed by atoms with Crippen LogP contribution in [0.3, 0.4) is 0 Å². The molecule has 72 heavy (non-hydrogen) atoms. The molecular formula is C67H46N2O3. The average molecular weight is 927 g/mol. The molecule has 0 aliphatic carbocycles. The van der Waals surface area contributed by atoms with Crippen LogP contribution in [-0.4, -0.2) is 10.3 Å². The summed E-state index contributed by atoms with van der Waals surface area (Å²) in [7, 11) is 0. The molecule has 0 radical (unpaired) electrons. The first-order valence-corrected chi connectivity index (χ1v) is 25.2. The molecule has 1 aliphatic heterocycles. The van der Waals surface area contributed by atoms with E-state index in [1.807, 2.05) is 6.07 Å². The minimum atomic E-state index is 0.0107. The number of rotatable bonds is 5. The highest BCUT2D eigenvalue weighted by molar-refractivity contribution is 6.20. The number of nitrogens with zero attached hydrogens (tertiary/aromatic N) is 2. The zero-order chi connectivity index (χ0) is 47.6. The molecule has 0 N–H and O–H groups in total. The zero-order valence-corrected chi connectivity index (χ0v) is 39.9. The quantitative estimate of drug-likeness (QED) is 0.173. The zero-order valence-electron chi connectivity index (χ0n) is 39.9. The summed E-state index contributed by atoms with van der Waals surface area (Å²) in [6.07, 6.45) is 4.73. The Morgan fingerprint density at radius 2 is 1.06 bits per heavy atom. The number of para-hydroxylation sites is 5. The summed E-state index contributed by atoms with van der Waals surface area (Å²) in [6.45, 7) is 4.60. The predicted molar refractivity (Wildman–Crippen MR) is 301 cm³/mol. The van der Waals surface area contributed by atoms with Crippen molar-refractivity contribution in [2.24, 2.45) is 10.9 Å². The molecule has 1 unspecified atom stereocenters. The van der Waals surface area contributed by atoms with Crippen LogP contribution in [0.25, 0.3) is 126 Å². The summed E-state index contributed by atoms with van der Waals surface area (Å²) in [6, 6.07) is 69.7. The Morgan fingerprint density at radius 1 is 0.472 bits per heavy atom. The van der Waals surface area contributed by atoms with E-state index in [-0.39, 0.29) is 5.92 Å². The molecule has 0 saturated heterocycles. The molecule has 0 fully saturated rings. The molecule has 5 heterocycles. The number of hydrogen-bond acceptors (Lipinski definition) is 4. The second-order valence-electron chi connectivity index (χ2n) is 19.6. The van der Waals surface area contributed by atoms with Gasteiger partial charge in [-0.3, -0.25) is 4.99 Å². The van der Waals surface area contributed by atoms with Crippen LogP contribution in [0.5, 0.6) is 0 Å². The standard InChI is InChI=1S/C67H46N2O3/c1-3-40-34-56(51-25-14-23-49-47-21-9-12-28-60(47)71-66(49)51)68-55(31-30-39(2)64(40)52-26-15-24-50-48-22-10-13-29-61(48)72-67(50)52)45-36-59(65-54-33-42-17-5-7-19-44(42)37-62(54)70-63(65)38-45)69-57-27-11-8-20-46(57)53-32-41-16-4-6-18-43(41)35-58(53)69/h4-29,32-38,40H,3,30-31H2,1-2H3/b56-34-,64-39-,68-55+. The minimum absolute atomic E-state index is 0.0107. The van der Waals surface area contributed by atoms with Crippen LogP contribution in [-0.2, 0) is 0 Å². The van der Waals surface area contributed by atoms with Crippen LogP contribution >= 0.6 is 0 Å². The van der Waals surface area contributed by atoms with E-state index in [2.05, 4.69) is 213 Å². The number of allylic oxidation sites excluding steroid dienone is 3. The Bertz CT molecular complexity index is 4700. The van der Waals surface area contributed by atoms with Gasteiger partial charge in [0.1, 0.15) is 33.5 Å². The fraction of sp³-hybridized carbons (Fsp3) is 0.0896. The number of benzene rings is 10. The third-order valence-corrected chi connectivity index (χ3v) is 15.5. The first kappa shape index (κ1) is 40.9. The van der Waals surface area contributed by atoms with Gasteiger partial charge < -0.3 is 17.8 Å². The maximum Gasteiger partial charge on any atom is 0.144 e. The van der Waals surface area contributed by atoms with Crippen molar-refractivity contribution in [2.45, 2.75) is 33.1 Å². The fourth-order valence-electron chi connectivity index (χ4n) is 12.1. The van der Waals surface area contributed by atoms with Gasteiger partial charge in [-0.2, -0.15) is 0 Å². The lowest BCUT2D eigenvalue weighted by molar-refractivity contribution is 0.665. The molecule has 1 aliphatic rings. The van der Waals surface area contributed by atoms with E-state index < -0.39 is 0 Å². The topological polar surface area (TPSA) is 56.7 Å². The fourth-order valence-corrected chi connectivity index (χ4v) is 12.1. The summed E-state index contributed by atoms with van der Waals surface area (Å²) < 4.78 is 23.2. The number of fused-ring (bicyclic) bond motifs is 14. The average Bonchev–Trinajstić information content (AvgIpc) is 4.19. The molecule has 10 aromatic carbocycles. The van der Waals surface area contributed by atoms with Gasteiger partial charge in [-0.25, -0.2) is 0 Å². The highest BCUT2D eigenvalue weighted by Crippen LogP contribution is 2.45. The van der Waals surface area contributed by atoms with Crippen molar-refractivity contribution in [3.8, 4) is 5.69 Å². The van der Waals surface area contributed by atoms with Gasteiger partial charge in [-0.15, -0.1) is 0 Å². The molecule has 1 atom stereocenters. The number of aliphatic imine (C=N–C) groups is 1. The molecule has 15 rings (SSSR count). The Hall–Kier alpha value is -8.93. The molecule has 342 valence electrons. The van der Waals surface area contributed by atoms with Gasteiger partial charge in [0.2, 0.25) is 0 Å². The predicted octanol–water partition coefficient (Wildman–Crippen LogP) is 18.9. The summed E-state index contributed by atoms with van der Waals surface area (Å²) in [5, 5.41) is 13.7. The van der Waals surface area contributed by atoms with Crippen molar-refractivity contribution in [1.29, 1.82) is 0 Å². The van der Waals surface area contributed by atoms with E-state index in [4.69, 9.17) is 18.2 Å². The maximum absolute atomic E-state index is 7.09. The Labute approximate surface area is 414 Å². The number of hydrogen-bond donors (Lipinski definition) is 0. The Balaban J connectivity index is 1.02. The Kier molecular flexibility index (Phi) is 8.97. The van der Waals surface area contributed by atoms with Gasteiger partial charge in [0.15, 0.2) is 0 Å². The first-order valence-electron chi connectivity index (χ1n) is 25.2. The van der Waals surface area contributed by atoms with Gasteiger partial charge in [0, 0.05) is 66.0 Å². The van der Waals surface area contributed by atoms with E-state index in [0.29, 0.717) is 6.42 Å².